The summed E-state index contributed by atoms with van der Waals surface area (Å²) >= 11 is 0. The molecule has 0 rings (SSSR count). The summed E-state index contributed by atoms with van der Waals surface area (Å²) in [5.74, 6) is -0.0505. The molecule has 0 bridgehead atoms. The van der Waals surface area contributed by atoms with Crippen molar-refractivity contribution in [2.45, 2.75) is 302 Å². The number of rotatable bonds is 48. The highest BCUT2D eigenvalue weighted by Gasteiger charge is 2.20. The van der Waals surface area contributed by atoms with E-state index in [9.17, 15) is 19.8 Å². The average molecular weight is 808 g/mol. The van der Waals surface area contributed by atoms with Crippen molar-refractivity contribution in [1.29, 1.82) is 0 Å². The fourth-order valence-electron chi connectivity index (χ4n) is 8.17. The van der Waals surface area contributed by atoms with E-state index in [0.29, 0.717) is 25.9 Å². The number of hydrogen-bond donors (Lipinski definition) is 3. The smallest absolute Gasteiger partial charge is 0.305 e. The van der Waals surface area contributed by atoms with Gasteiger partial charge in [0, 0.05) is 12.8 Å². The SMILES string of the molecule is CCCCCCCCCCCCCCCCCCC(O)C(CO)NC(=O)CCCCCCCCCCCCCCCOC(=O)CCCCCCCCCCCCC. The van der Waals surface area contributed by atoms with Gasteiger partial charge in [-0.15, -0.1) is 0 Å². The monoisotopic (exact) mass is 808 g/mol. The van der Waals surface area contributed by atoms with Gasteiger partial charge in [-0.05, 0) is 25.7 Å². The molecule has 0 aliphatic rings. The van der Waals surface area contributed by atoms with Crippen LogP contribution in [0.25, 0.3) is 0 Å². The fourth-order valence-corrected chi connectivity index (χ4v) is 8.17. The quantitative estimate of drug-likeness (QED) is 0.0420. The van der Waals surface area contributed by atoms with Crippen molar-refractivity contribution in [1.82, 2.24) is 5.32 Å². The van der Waals surface area contributed by atoms with Crippen LogP contribution in [0.5, 0.6) is 0 Å². The summed E-state index contributed by atoms with van der Waals surface area (Å²) in [4.78, 5) is 24.4. The third-order valence-corrected chi connectivity index (χ3v) is 12.2. The first-order valence-corrected chi connectivity index (χ1v) is 25.8. The first kappa shape index (κ1) is 55.9. The normalized spacial score (nSPS) is 12.6. The lowest BCUT2D eigenvalue weighted by Crippen LogP contribution is -2.45. The molecule has 0 radical (unpaired) electrons. The Morgan fingerprint density at radius 1 is 0.421 bits per heavy atom. The topological polar surface area (TPSA) is 95.9 Å². The van der Waals surface area contributed by atoms with Crippen LogP contribution >= 0.6 is 0 Å². The van der Waals surface area contributed by atoms with Gasteiger partial charge in [-0.25, -0.2) is 0 Å². The van der Waals surface area contributed by atoms with E-state index in [2.05, 4.69) is 19.2 Å². The van der Waals surface area contributed by atoms with E-state index in [1.165, 1.54) is 205 Å². The van der Waals surface area contributed by atoms with Crippen LogP contribution in [0.15, 0.2) is 0 Å². The predicted molar refractivity (Wildman–Crippen MR) is 246 cm³/mol. The van der Waals surface area contributed by atoms with Crippen molar-refractivity contribution in [2.75, 3.05) is 13.2 Å². The van der Waals surface area contributed by atoms with Gasteiger partial charge in [-0.2, -0.15) is 0 Å². The van der Waals surface area contributed by atoms with Crippen LogP contribution in [0.2, 0.25) is 0 Å². The molecule has 6 nitrogen and oxygen atoms in total. The Morgan fingerprint density at radius 2 is 0.719 bits per heavy atom. The lowest BCUT2D eigenvalue weighted by atomic mass is 10.0. The van der Waals surface area contributed by atoms with Gasteiger partial charge in [0.2, 0.25) is 5.91 Å². The molecule has 0 aliphatic heterocycles. The van der Waals surface area contributed by atoms with Gasteiger partial charge in [-0.1, -0.05) is 251 Å². The highest BCUT2D eigenvalue weighted by atomic mass is 16.5. The minimum absolute atomic E-state index is 0.00507. The molecule has 3 N–H and O–H groups in total. The van der Waals surface area contributed by atoms with E-state index in [0.717, 1.165) is 51.4 Å². The van der Waals surface area contributed by atoms with Crippen molar-refractivity contribution in [3.8, 4) is 0 Å². The Kier molecular flexibility index (Phi) is 46.6. The number of aliphatic hydroxyl groups is 2. The summed E-state index contributed by atoms with van der Waals surface area (Å²) in [5.41, 5.74) is 0. The van der Waals surface area contributed by atoms with E-state index >= 15 is 0 Å². The number of carbonyl (C=O) groups excluding carboxylic acids is 2. The second kappa shape index (κ2) is 47.5. The summed E-state index contributed by atoms with van der Waals surface area (Å²) < 4.78 is 5.45. The molecule has 0 aliphatic carbocycles. The van der Waals surface area contributed by atoms with Crippen LogP contribution in [-0.4, -0.2) is 47.4 Å². The Bertz CT molecular complexity index is 806. The van der Waals surface area contributed by atoms with Crippen molar-refractivity contribution in [2.24, 2.45) is 0 Å². The lowest BCUT2D eigenvalue weighted by Gasteiger charge is -2.22. The van der Waals surface area contributed by atoms with Crippen molar-refractivity contribution in [3.63, 3.8) is 0 Å². The zero-order valence-corrected chi connectivity index (χ0v) is 38.6. The van der Waals surface area contributed by atoms with Crippen molar-refractivity contribution in [3.05, 3.63) is 0 Å². The third-order valence-electron chi connectivity index (χ3n) is 12.2. The number of amides is 1. The highest BCUT2D eigenvalue weighted by Crippen LogP contribution is 2.17. The van der Waals surface area contributed by atoms with Gasteiger partial charge >= 0.3 is 5.97 Å². The van der Waals surface area contributed by atoms with Crippen LogP contribution in [0.1, 0.15) is 290 Å². The standard InChI is InChI=1S/C51H101NO5/c1-3-5-7-9-11-13-15-16-17-18-20-24-27-31-35-39-43-49(54)48(47-53)52-50(55)44-40-36-32-28-25-21-19-22-26-30-34-38-42-46-57-51(56)45-41-37-33-29-23-14-12-10-8-6-4-2/h48-49,53-54H,3-47H2,1-2H3,(H,52,55). The summed E-state index contributed by atoms with van der Waals surface area (Å²) in [6.07, 6.45) is 52.1. The van der Waals surface area contributed by atoms with Gasteiger partial charge in [-0.3, -0.25) is 9.59 Å². The molecule has 0 aromatic carbocycles. The number of esters is 1. The second-order valence-corrected chi connectivity index (χ2v) is 17.9. The average Bonchev–Trinajstić information content (AvgIpc) is 3.21. The fraction of sp³-hybridized carbons (Fsp3) is 0.961. The van der Waals surface area contributed by atoms with Gasteiger partial charge in [0.25, 0.3) is 0 Å². The minimum atomic E-state index is -0.671. The molecular formula is C51H101NO5. The zero-order valence-electron chi connectivity index (χ0n) is 38.6. The summed E-state index contributed by atoms with van der Waals surface area (Å²) in [6.45, 7) is 4.93. The Balaban J connectivity index is 3.45. The van der Waals surface area contributed by atoms with E-state index in [1.807, 2.05) is 0 Å². The maximum Gasteiger partial charge on any atom is 0.305 e. The first-order valence-electron chi connectivity index (χ1n) is 25.8. The molecule has 2 atom stereocenters. The second-order valence-electron chi connectivity index (χ2n) is 17.9. The van der Waals surface area contributed by atoms with E-state index in [4.69, 9.17) is 4.74 Å². The van der Waals surface area contributed by atoms with Gasteiger partial charge in [0.1, 0.15) is 0 Å². The van der Waals surface area contributed by atoms with E-state index < -0.39 is 12.1 Å². The number of ether oxygens (including phenoxy) is 1. The molecule has 57 heavy (non-hydrogen) atoms. The van der Waals surface area contributed by atoms with Crippen LogP contribution < -0.4 is 5.32 Å². The van der Waals surface area contributed by atoms with Crippen LogP contribution in [-0.2, 0) is 14.3 Å². The largest absolute Gasteiger partial charge is 0.466 e. The third kappa shape index (κ3) is 44.2. The Morgan fingerprint density at radius 3 is 1.07 bits per heavy atom. The Labute approximate surface area is 356 Å². The minimum Gasteiger partial charge on any atom is -0.466 e. The maximum absolute atomic E-state index is 12.4. The van der Waals surface area contributed by atoms with E-state index in [1.54, 1.807) is 0 Å². The molecule has 0 fully saturated rings. The molecule has 0 saturated heterocycles. The van der Waals surface area contributed by atoms with Crippen LogP contribution in [0.4, 0.5) is 0 Å². The number of aliphatic hydroxyl groups excluding tert-OH is 2. The maximum atomic E-state index is 12.4. The molecule has 6 heteroatoms. The molecule has 2 unspecified atom stereocenters. The molecule has 0 saturated carbocycles. The lowest BCUT2D eigenvalue weighted by molar-refractivity contribution is -0.143. The first-order chi connectivity index (χ1) is 28.0. The summed E-state index contributed by atoms with van der Waals surface area (Å²) in [7, 11) is 0. The molecule has 0 heterocycles. The molecule has 340 valence electrons. The van der Waals surface area contributed by atoms with Crippen molar-refractivity contribution < 1.29 is 24.5 Å². The van der Waals surface area contributed by atoms with Gasteiger partial charge in [0.05, 0.1) is 25.4 Å². The summed E-state index contributed by atoms with van der Waals surface area (Å²) in [5, 5.41) is 23.2. The Hall–Kier alpha value is -1.14. The van der Waals surface area contributed by atoms with Crippen LogP contribution in [0, 0.1) is 0 Å². The van der Waals surface area contributed by atoms with Gasteiger partial charge in [0.15, 0.2) is 0 Å². The van der Waals surface area contributed by atoms with E-state index in [-0.39, 0.29) is 18.5 Å². The number of nitrogens with one attached hydrogen (secondary N) is 1. The molecule has 0 aromatic rings. The van der Waals surface area contributed by atoms with Crippen molar-refractivity contribution >= 4 is 11.9 Å². The van der Waals surface area contributed by atoms with Gasteiger partial charge < -0.3 is 20.3 Å². The number of carbonyl (C=O) groups is 2. The predicted octanol–water partition coefficient (Wildman–Crippen LogP) is 15.2. The molecule has 0 spiro atoms. The zero-order chi connectivity index (χ0) is 41.5. The summed E-state index contributed by atoms with van der Waals surface area (Å²) in [6, 6.07) is -0.549. The molecule has 1 amide bonds. The van der Waals surface area contributed by atoms with Crippen LogP contribution in [0.3, 0.4) is 0 Å². The number of hydrogen-bond acceptors (Lipinski definition) is 5. The molecular weight excluding hydrogens is 707 g/mol. The highest BCUT2D eigenvalue weighted by molar-refractivity contribution is 5.76. The number of unbranched alkanes of at least 4 members (excludes halogenated alkanes) is 37. The molecule has 0 aromatic heterocycles.